The molecule has 1 aromatic rings. The molecular formula is C13H13NS. The van der Waals surface area contributed by atoms with Crippen LogP contribution in [0.5, 0.6) is 0 Å². The maximum absolute atomic E-state index is 4.02. The fourth-order valence-corrected chi connectivity index (χ4v) is 2.36. The van der Waals surface area contributed by atoms with Crippen molar-refractivity contribution in [3.8, 4) is 0 Å². The molecule has 0 N–H and O–H groups in total. The average molecular weight is 215 g/mol. The predicted octanol–water partition coefficient (Wildman–Crippen LogP) is 3.69. The second kappa shape index (κ2) is 4.41. The van der Waals surface area contributed by atoms with Crippen molar-refractivity contribution >= 4 is 17.5 Å². The zero-order valence-electron chi connectivity index (χ0n) is 8.52. The highest BCUT2D eigenvalue weighted by Crippen LogP contribution is 2.37. The van der Waals surface area contributed by atoms with Gasteiger partial charge in [-0.05, 0) is 5.56 Å². The molecule has 0 unspecified atom stereocenters. The minimum absolute atomic E-state index is 0.812. The van der Waals surface area contributed by atoms with Crippen LogP contribution < -0.4 is 0 Å². The van der Waals surface area contributed by atoms with Crippen molar-refractivity contribution in [2.75, 3.05) is 6.54 Å². The van der Waals surface area contributed by atoms with Crippen LogP contribution in [-0.2, 0) is 0 Å². The summed E-state index contributed by atoms with van der Waals surface area (Å²) in [7, 11) is 0. The van der Waals surface area contributed by atoms with Crippen LogP contribution in [0, 0.1) is 0 Å². The summed E-state index contributed by atoms with van der Waals surface area (Å²) in [6, 6.07) is 10.4. The summed E-state index contributed by atoms with van der Waals surface area (Å²) in [5.41, 5.74) is 2.44. The standard InChI is InChI=1S/C13H13NS/c1-3-9-14-11(2)15-10-13(14)12-7-5-4-6-8-12/h3-8,10H,1-2,9H2. The minimum Gasteiger partial charge on any atom is -0.332 e. The van der Waals surface area contributed by atoms with Gasteiger partial charge in [0.25, 0.3) is 0 Å². The summed E-state index contributed by atoms with van der Waals surface area (Å²) >= 11 is 1.67. The van der Waals surface area contributed by atoms with E-state index in [-0.39, 0.29) is 0 Å². The lowest BCUT2D eigenvalue weighted by Crippen LogP contribution is -2.15. The SMILES string of the molecule is C=CCN1C(=C)SC=C1c1ccccc1. The van der Waals surface area contributed by atoms with Gasteiger partial charge < -0.3 is 4.90 Å². The van der Waals surface area contributed by atoms with Crippen LogP contribution in [0.15, 0.2) is 60.0 Å². The van der Waals surface area contributed by atoms with Crippen LogP contribution >= 0.6 is 11.8 Å². The Balaban J connectivity index is 2.29. The first-order valence-corrected chi connectivity index (χ1v) is 5.70. The summed E-state index contributed by atoms with van der Waals surface area (Å²) in [5, 5.41) is 3.20. The molecule has 1 aromatic carbocycles. The third-order valence-electron chi connectivity index (χ3n) is 2.28. The van der Waals surface area contributed by atoms with Crippen molar-refractivity contribution in [1.29, 1.82) is 0 Å². The summed E-state index contributed by atoms with van der Waals surface area (Å²) in [4.78, 5) is 2.17. The topological polar surface area (TPSA) is 3.24 Å². The van der Waals surface area contributed by atoms with E-state index >= 15 is 0 Å². The number of hydrogen-bond donors (Lipinski definition) is 0. The molecule has 0 radical (unpaired) electrons. The second-order valence-corrected chi connectivity index (χ2v) is 4.22. The van der Waals surface area contributed by atoms with Gasteiger partial charge in [-0.2, -0.15) is 0 Å². The molecule has 1 nitrogen and oxygen atoms in total. The Morgan fingerprint density at radius 1 is 1.27 bits per heavy atom. The van der Waals surface area contributed by atoms with E-state index in [0.717, 1.165) is 11.6 Å². The molecule has 0 spiro atoms. The summed E-state index contributed by atoms with van der Waals surface area (Å²) < 4.78 is 0. The molecule has 76 valence electrons. The predicted molar refractivity (Wildman–Crippen MR) is 68.1 cm³/mol. The molecule has 0 atom stereocenters. The van der Waals surface area contributed by atoms with E-state index in [9.17, 15) is 0 Å². The van der Waals surface area contributed by atoms with Gasteiger partial charge in [0.2, 0.25) is 0 Å². The number of hydrogen-bond acceptors (Lipinski definition) is 2. The lowest BCUT2D eigenvalue weighted by atomic mass is 10.1. The maximum atomic E-state index is 4.02. The first kappa shape index (κ1) is 10.1. The van der Waals surface area contributed by atoms with E-state index in [0.29, 0.717) is 0 Å². The van der Waals surface area contributed by atoms with Crippen LogP contribution in [0.1, 0.15) is 5.56 Å². The smallest absolute Gasteiger partial charge is 0.0725 e. The van der Waals surface area contributed by atoms with Gasteiger partial charge in [-0.3, -0.25) is 0 Å². The summed E-state index contributed by atoms with van der Waals surface area (Å²) in [6.07, 6.45) is 1.90. The molecule has 0 aromatic heterocycles. The second-order valence-electron chi connectivity index (χ2n) is 3.28. The molecule has 0 fully saturated rings. The number of rotatable bonds is 3. The Bertz CT molecular complexity index is 406. The Kier molecular flexibility index (Phi) is 2.97. The van der Waals surface area contributed by atoms with Crippen LogP contribution in [0.4, 0.5) is 0 Å². The van der Waals surface area contributed by atoms with Gasteiger partial charge >= 0.3 is 0 Å². The van der Waals surface area contributed by atoms with Gasteiger partial charge in [-0.25, -0.2) is 0 Å². The minimum atomic E-state index is 0.812. The molecule has 2 rings (SSSR count). The van der Waals surface area contributed by atoms with E-state index in [2.05, 4.69) is 35.6 Å². The molecule has 0 aliphatic carbocycles. The number of benzene rings is 1. The Labute approximate surface area is 94.8 Å². The van der Waals surface area contributed by atoms with Gasteiger partial charge in [0.15, 0.2) is 0 Å². The van der Waals surface area contributed by atoms with Crippen LogP contribution in [0.2, 0.25) is 0 Å². The van der Waals surface area contributed by atoms with E-state index in [1.54, 1.807) is 11.8 Å². The summed E-state index contributed by atoms with van der Waals surface area (Å²) in [6.45, 7) is 8.60. The Morgan fingerprint density at radius 3 is 2.67 bits per heavy atom. The molecular weight excluding hydrogens is 202 g/mol. The van der Waals surface area contributed by atoms with E-state index < -0.39 is 0 Å². The molecule has 0 saturated heterocycles. The zero-order valence-corrected chi connectivity index (χ0v) is 9.33. The third kappa shape index (κ3) is 2.00. The highest BCUT2D eigenvalue weighted by Gasteiger charge is 2.19. The largest absolute Gasteiger partial charge is 0.332 e. The van der Waals surface area contributed by atoms with E-state index in [1.165, 1.54) is 11.3 Å². The average Bonchev–Trinajstić information content (AvgIpc) is 2.63. The first-order valence-electron chi connectivity index (χ1n) is 4.82. The van der Waals surface area contributed by atoms with Crippen LogP contribution in [0.25, 0.3) is 5.70 Å². The lowest BCUT2D eigenvalue weighted by Gasteiger charge is -2.21. The van der Waals surface area contributed by atoms with Crippen LogP contribution in [-0.4, -0.2) is 11.4 Å². The molecule has 0 saturated carbocycles. The van der Waals surface area contributed by atoms with Gasteiger partial charge in [0, 0.05) is 12.0 Å². The molecule has 1 aliphatic heterocycles. The van der Waals surface area contributed by atoms with Crippen molar-refractivity contribution in [1.82, 2.24) is 4.90 Å². The van der Waals surface area contributed by atoms with Crippen molar-refractivity contribution in [2.24, 2.45) is 0 Å². The zero-order chi connectivity index (χ0) is 10.7. The van der Waals surface area contributed by atoms with Crippen LogP contribution in [0.3, 0.4) is 0 Å². The quantitative estimate of drug-likeness (QED) is 0.707. The highest BCUT2D eigenvalue weighted by molar-refractivity contribution is 8.06. The van der Waals surface area contributed by atoms with Gasteiger partial charge in [-0.15, -0.1) is 6.58 Å². The molecule has 15 heavy (non-hydrogen) atoms. The molecule has 1 heterocycles. The molecule has 1 aliphatic rings. The fraction of sp³-hybridized carbons (Fsp3) is 0.0769. The molecule has 0 amide bonds. The third-order valence-corrected chi connectivity index (χ3v) is 3.11. The van der Waals surface area contributed by atoms with E-state index in [1.807, 2.05) is 24.3 Å². The number of thioether (sulfide) groups is 1. The monoisotopic (exact) mass is 215 g/mol. The van der Waals surface area contributed by atoms with Gasteiger partial charge in [-0.1, -0.05) is 54.7 Å². The fourth-order valence-electron chi connectivity index (χ4n) is 1.55. The van der Waals surface area contributed by atoms with E-state index in [4.69, 9.17) is 0 Å². The van der Waals surface area contributed by atoms with Gasteiger partial charge in [0.05, 0.1) is 10.7 Å². The Hall–Kier alpha value is -1.41. The number of nitrogens with zero attached hydrogens (tertiary/aromatic N) is 1. The van der Waals surface area contributed by atoms with Crippen molar-refractivity contribution in [3.63, 3.8) is 0 Å². The Morgan fingerprint density at radius 2 is 2.00 bits per heavy atom. The van der Waals surface area contributed by atoms with Gasteiger partial charge in [0.1, 0.15) is 0 Å². The highest BCUT2D eigenvalue weighted by atomic mass is 32.2. The van der Waals surface area contributed by atoms with Crippen molar-refractivity contribution in [3.05, 3.63) is 65.6 Å². The molecule has 0 bridgehead atoms. The summed E-state index contributed by atoms with van der Waals surface area (Å²) in [5.74, 6) is 0. The molecule has 2 heteroatoms. The lowest BCUT2D eigenvalue weighted by molar-refractivity contribution is 0.589. The first-order chi connectivity index (χ1) is 7.33. The van der Waals surface area contributed by atoms with Crippen molar-refractivity contribution < 1.29 is 0 Å². The maximum Gasteiger partial charge on any atom is 0.0725 e. The normalized spacial score (nSPS) is 15.3. The van der Waals surface area contributed by atoms with Crippen molar-refractivity contribution in [2.45, 2.75) is 0 Å².